The highest BCUT2D eigenvalue weighted by molar-refractivity contribution is 9.10. The van der Waals surface area contributed by atoms with Crippen LogP contribution in [0.15, 0.2) is 62.8 Å². The maximum absolute atomic E-state index is 12.7. The molecule has 0 aromatic heterocycles. The van der Waals surface area contributed by atoms with Gasteiger partial charge in [-0.3, -0.25) is 4.57 Å². The van der Waals surface area contributed by atoms with Crippen LogP contribution in [0.2, 0.25) is 0 Å². The Morgan fingerprint density at radius 2 is 1.75 bits per heavy atom. The van der Waals surface area contributed by atoms with Gasteiger partial charge in [-0.1, -0.05) is 59.7 Å². The van der Waals surface area contributed by atoms with Crippen molar-refractivity contribution in [2.24, 2.45) is 5.92 Å². The van der Waals surface area contributed by atoms with Crippen molar-refractivity contribution in [3.05, 3.63) is 58.6 Å². The lowest BCUT2D eigenvalue weighted by molar-refractivity contribution is -0.139. The molecule has 174 valence electrons. The number of carbonyl (C=O) groups excluding carboxylic acids is 1. The number of amides is 2. The largest absolute Gasteiger partial charge is 0.480 e. The van der Waals surface area contributed by atoms with E-state index < -0.39 is 31.9 Å². The molecular formula is C21H26BrN2O6PS. The highest BCUT2D eigenvalue weighted by Crippen LogP contribution is 2.35. The summed E-state index contributed by atoms with van der Waals surface area (Å²) in [6, 6.07) is 12.9. The van der Waals surface area contributed by atoms with Gasteiger partial charge in [-0.15, -0.1) is 0 Å². The van der Waals surface area contributed by atoms with Crippen molar-refractivity contribution in [2.45, 2.75) is 36.1 Å². The van der Waals surface area contributed by atoms with Gasteiger partial charge >= 0.3 is 19.6 Å². The van der Waals surface area contributed by atoms with Gasteiger partial charge in [0.05, 0.1) is 0 Å². The van der Waals surface area contributed by atoms with Gasteiger partial charge in [-0.25, -0.2) is 9.59 Å². The molecule has 0 aliphatic carbocycles. The summed E-state index contributed by atoms with van der Waals surface area (Å²) < 4.78 is 12.4. The van der Waals surface area contributed by atoms with Gasteiger partial charge in [0, 0.05) is 27.2 Å². The third-order valence-corrected chi connectivity index (χ3v) is 6.63. The number of nitrogens with one attached hydrogen (secondary N) is 1. The number of hydrogen-bond donors (Lipinski definition) is 4. The molecule has 8 nitrogen and oxygen atoms in total. The Kier molecular flexibility index (Phi) is 9.79. The van der Waals surface area contributed by atoms with Gasteiger partial charge in [-0.2, -0.15) is 0 Å². The van der Waals surface area contributed by atoms with Crippen LogP contribution in [0.5, 0.6) is 0 Å². The Labute approximate surface area is 199 Å². The lowest BCUT2D eigenvalue weighted by atomic mass is 10.1. The van der Waals surface area contributed by atoms with Crippen LogP contribution in [0, 0.1) is 5.92 Å². The number of halogens is 1. The van der Waals surface area contributed by atoms with E-state index in [4.69, 9.17) is 0 Å². The van der Waals surface area contributed by atoms with E-state index in [9.17, 15) is 29.0 Å². The van der Waals surface area contributed by atoms with Gasteiger partial charge in [-0.05, 0) is 41.8 Å². The SMILES string of the molecule is CC(C)CN(CP(=O)(O)O)C(=O)N[C@@H](Cc1ccccc1Sc1ccc(Br)cc1)C(=O)O. The van der Waals surface area contributed by atoms with Crippen LogP contribution in [0.1, 0.15) is 19.4 Å². The molecule has 4 N–H and O–H groups in total. The maximum atomic E-state index is 12.7. The Hall–Kier alpha value is -1.84. The molecule has 0 saturated carbocycles. The molecule has 0 saturated heterocycles. The zero-order valence-electron chi connectivity index (χ0n) is 17.6. The number of carboxylic acid groups (broad SMARTS) is 1. The minimum atomic E-state index is -4.50. The summed E-state index contributed by atoms with van der Waals surface area (Å²) in [5, 5.41) is 12.1. The molecule has 0 heterocycles. The molecule has 0 radical (unpaired) electrons. The molecule has 0 spiro atoms. The van der Waals surface area contributed by atoms with Crippen molar-refractivity contribution in [3.8, 4) is 0 Å². The maximum Gasteiger partial charge on any atom is 0.344 e. The number of nitrogens with zero attached hydrogens (tertiary/aromatic N) is 1. The number of aliphatic carboxylic acids is 1. The second kappa shape index (κ2) is 11.9. The second-order valence-electron chi connectivity index (χ2n) is 7.63. The van der Waals surface area contributed by atoms with Gasteiger partial charge in [0.2, 0.25) is 0 Å². The highest BCUT2D eigenvalue weighted by Gasteiger charge is 2.28. The number of urea groups is 1. The number of benzene rings is 2. The van der Waals surface area contributed by atoms with E-state index in [2.05, 4.69) is 21.2 Å². The van der Waals surface area contributed by atoms with Gasteiger partial charge in [0.25, 0.3) is 0 Å². The summed E-state index contributed by atoms with van der Waals surface area (Å²) in [6.07, 6.45) is -0.758. The summed E-state index contributed by atoms with van der Waals surface area (Å²) in [5.41, 5.74) is 0.735. The summed E-state index contributed by atoms with van der Waals surface area (Å²) in [5.74, 6) is -1.29. The Bertz CT molecular complexity index is 983. The lowest BCUT2D eigenvalue weighted by Crippen LogP contribution is -2.50. The van der Waals surface area contributed by atoms with E-state index in [0.29, 0.717) is 0 Å². The van der Waals surface area contributed by atoms with Crippen molar-refractivity contribution in [1.82, 2.24) is 10.2 Å². The molecule has 0 aliphatic heterocycles. The standard InChI is InChI=1S/C21H26BrN2O6PS/c1-14(2)12-24(13-31(28,29)30)21(27)23-18(20(25)26)11-15-5-3-4-6-19(15)32-17-9-7-16(22)8-10-17/h3-10,14,18H,11-13H2,1-2H3,(H,23,27)(H,25,26)(H2,28,29,30)/t18-/m0/s1. The molecule has 0 aliphatic rings. The van der Waals surface area contributed by atoms with Crippen LogP contribution in [0.3, 0.4) is 0 Å². The third kappa shape index (κ3) is 8.96. The first-order chi connectivity index (χ1) is 14.9. The number of carbonyl (C=O) groups is 2. The normalized spacial score (nSPS) is 12.4. The number of carboxylic acids is 1. The van der Waals surface area contributed by atoms with E-state index in [-0.39, 0.29) is 18.9 Å². The first-order valence-electron chi connectivity index (χ1n) is 9.78. The molecule has 0 unspecified atom stereocenters. The zero-order valence-corrected chi connectivity index (χ0v) is 20.9. The highest BCUT2D eigenvalue weighted by atomic mass is 79.9. The van der Waals surface area contributed by atoms with Crippen LogP contribution < -0.4 is 5.32 Å². The van der Waals surface area contributed by atoms with Crippen molar-refractivity contribution < 1.29 is 29.0 Å². The molecule has 32 heavy (non-hydrogen) atoms. The van der Waals surface area contributed by atoms with Gasteiger partial charge in [0.1, 0.15) is 12.3 Å². The average Bonchev–Trinajstić information content (AvgIpc) is 2.68. The van der Waals surface area contributed by atoms with Crippen molar-refractivity contribution >= 4 is 47.3 Å². The number of hydrogen-bond acceptors (Lipinski definition) is 4. The Morgan fingerprint density at radius 1 is 1.12 bits per heavy atom. The first-order valence-corrected chi connectivity index (χ1v) is 13.2. The van der Waals surface area contributed by atoms with E-state index >= 15 is 0 Å². The van der Waals surface area contributed by atoms with E-state index in [1.807, 2.05) is 36.4 Å². The van der Waals surface area contributed by atoms with Crippen LogP contribution in [-0.2, 0) is 15.8 Å². The summed E-state index contributed by atoms with van der Waals surface area (Å²) in [7, 11) is -4.50. The van der Waals surface area contributed by atoms with Gasteiger partial charge in [0.15, 0.2) is 0 Å². The molecule has 0 fully saturated rings. The van der Waals surface area contributed by atoms with Crippen molar-refractivity contribution in [1.29, 1.82) is 0 Å². The summed E-state index contributed by atoms with van der Waals surface area (Å²) in [4.78, 5) is 45.9. The Morgan fingerprint density at radius 3 is 2.31 bits per heavy atom. The van der Waals surface area contributed by atoms with E-state index in [1.54, 1.807) is 26.0 Å². The summed E-state index contributed by atoms with van der Waals surface area (Å²) >= 11 is 4.87. The zero-order chi connectivity index (χ0) is 23.9. The van der Waals surface area contributed by atoms with Crippen LogP contribution in [0.4, 0.5) is 4.79 Å². The van der Waals surface area contributed by atoms with E-state index in [1.165, 1.54) is 11.8 Å². The second-order valence-corrected chi connectivity index (χ2v) is 11.3. The van der Waals surface area contributed by atoms with Crippen LogP contribution in [-0.4, -0.2) is 50.7 Å². The minimum Gasteiger partial charge on any atom is -0.480 e. The smallest absolute Gasteiger partial charge is 0.344 e. The first kappa shape index (κ1) is 26.4. The molecule has 2 aromatic rings. The number of rotatable bonds is 10. The quantitative estimate of drug-likeness (QED) is 0.326. The molecule has 2 rings (SSSR count). The lowest BCUT2D eigenvalue weighted by Gasteiger charge is -2.27. The predicted molar refractivity (Wildman–Crippen MR) is 127 cm³/mol. The topological polar surface area (TPSA) is 127 Å². The van der Waals surface area contributed by atoms with Crippen molar-refractivity contribution in [3.63, 3.8) is 0 Å². The van der Waals surface area contributed by atoms with E-state index in [0.717, 1.165) is 24.7 Å². The molecule has 0 bridgehead atoms. The van der Waals surface area contributed by atoms with Crippen molar-refractivity contribution in [2.75, 3.05) is 12.8 Å². The summed E-state index contributed by atoms with van der Waals surface area (Å²) in [6.45, 7) is 3.67. The fraction of sp³-hybridized carbons (Fsp3) is 0.333. The molecule has 2 amide bonds. The Balaban J connectivity index is 2.19. The molecule has 1 atom stereocenters. The molecule has 2 aromatic carbocycles. The molecule has 11 heteroatoms. The van der Waals surface area contributed by atoms with Crippen LogP contribution in [0.25, 0.3) is 0 Å². The minimum absolute atomic E-state index is 0.0200. The fourth-order valence-electron chi connectivity index (χ4n) is 2.93. The third-order valence-electron chi connectivity index (χ3n) is 4.26. The van der Waals surface area contributed by atoms with Gasteiger partial charge < -0.3 is 25.1 Å². The fourth-order valence-corrected chi connectivity index (χ4v) is 4.84. The predicted octanol–water partition coefficient (Wildman–Crippen LogP) is 4.40. The monoisotopic (exact) mass is 544 g/mol. The van der Waals surface area contributed by atoms with Crippen LogP contribution >= 0.6 is 35.3 Å². The average molecular weight is 545 g/mol. The molecular weight excluding hydrogens is 519 g/mol.